The molecule has 0 bridgehead atoms. The van der Waals surface area contributed by atoms with Crippen LogP contribution in [0.2, 0.25) is 0 Å². The van der Waals surface area contributed by atoms with E-state index in [4.69, 9.17) is 4.74 Å². The van der Waals surface area contributed by atoms with E-state index in [2.05, 4.69) is 20.8 Å². The van der Waals surface area contributed by atoms with Gasteiger partial charge in [0.25, 0.3) is 0 Å². The molecule has 1 N–H and O–H groups in total. The van der Waals surface area contributed by atoms with Crippen LogP contribution in [0.4, 0.5) is 0 Å². The number of hydrogen-bond donors (Lipinski definition) is 1. The molecule has 2 nitrogen and oxygen atoms in total. The summed E-state index contributed by atoms with van der Waals surface area (Å²) < 4.78 is 5.94. The number of ether oxygens (including phenoxy) is 1. The molecule has 0 aromatic rings. The molecule has 0 aromatic heterocycles. The van der Waals surface area contributed by atoms with Crippen molar-refractivity contribution in [2.45, 2.75) is 71.2 Å². The lowest BCUT2D eigenvalue weighted by molar-refractivity contribution is -0.0470. The van der Waals surface area contributed by atoms with E-state index in [0.29, 0.717) is 18.1 Å². The Morgan fingerprint density at radius 2 is 1.71 bits per heavy atom. The fourth-order valence-electron chi connectivity index (χ4n) is 2.23. The van der Waals surface area contributed by atoms with Crippen molar-refractivity contribution in [3.63, 3.8) is 0 Å². The van der Waals surface area contributed by atoms with E-state index >= 15 is 0 Å². The van der Waals surface area contributed by atoms with Crippen LogP contribution in [0.1, 0.15) is 52.9 Å². The molecule has 1 rings (SSSR count). The molecule has 1 aliphatic rings. The first kappa shape index (κ1) is 12.0. The van der Waals surface area contributed by atoms with Gasteiger partial charge < -0.3 is 9.84 Å². The summed E-state index contributed by atoms with van der Waals surface area (Å²) in [5.74, 6) is 0.708. The maximum atomic E-state index is 9.35. The lowest BCUT2D eigenvalue weighted by Crippen LogP contribution is -2.28. The average Bonchev–Trinajstić information content (AvgIpc) is 2.07. The van der Waals surface area contributed by atoms with E-state index in [0.717, 1.165) is 32.1 Å². The second kappa shape index (κ2) is 5.72. The molecule has 0 radical (unpaired) electrons. The van der Waals surface area contributed by atoms with Gasteiger partial charge in [0.15, 0.2) is 0 Å². The highest BCUT2D eigenvalue weighted by Crippen LogP contribution is 2.23. The molecule has 0 spiro atoms. The van der Waals surface area contributed by atoms with Crippen molar-refractivity contribution in [2.75, 3.05) is 0 Å². The molecule has 14 heavy (non-hydrogen) atoms. The van der Waals surface area contributed by atoms with Gasteiger partial charge >= 0.3 is 0 Å². The molecule has 1 fully saturated rings. The van der Waals surface area contributed by atoms with Gasteiger partial charge in [0.1, 0.15) is 0 Å². The smallest absolute Gasteiger partial charge is 0.0580 e. The Balaban J connectivity index is 2.17. The Hall–Kier alpha value is -0.0800. The van der Waals surface area contributed by atoms with Gasteiger partial charge in [-0.3, -0.25) is 0 Å². The molecule has 0 aromatic carbocycles. The van der Waals surface area contributed by atoms with Crippen LogP contribution in [0.3, 0.4) is 0 Å². The topological polar surface area (TPSA) is 29.5 Å². The molecule has 0 amide bonds. The third-order valence-corrected chi connectivity index (χ3v) is 2.87. The SMILES string of the molecule is CC(C)CC(C)OC1CCC(O)CC1. The minimum Gasteiger partial charge on any atom is -0.393 e. The minimum absolute atomic E-state index is 0.0738. The van der Waals surface area contributed by atoms with Gasteiger partial charge in [-0.2, -0.15) is 0 Å². The number of aliphatic hydroxyl groups excluding tert-OH is 1. The summed E-state index contributed by atoms with van der Waals surface area (Å²) in [6.07, 6.45) is 5.72. The molecule has 84 valence electrons. The van der Waals surface area contributed by atoms with Crippen LogP contribution in [0.15, 0.2) is 0 Å². The van der Waals surface area contributed by atoms with Crippen LogP contribution >= 0.6 is 0 Å². The zero-order valence-electron chi connectivity index (χ0n) is 9.70. The van der Waals surface area contributed by atoms with Crippen LogP contribution in [-0.2, 0) is 4.74 Å². The minimum atomic E-state index is -0.0738. The van der Waals surface area contributed by atoms with Crippen molar-refractivity contribution in [3.8, 4) is 0 Å². The predicted molar refractivity (Wildman–Crippen MR) is 58.3 cm³/mol. The Bertz CT molecular complexity index is 148. The van der Waals surface area contributed by atoms with Crippen LogP contribution in [0, 0.1) is 5.92 Å². The summed E-state index contributed by atoms with van der Waals surface area (Å²) in [5, 5.41) is 9.35. The second-order valence-corrected chi connectivity index (χ2v) is 5.01. The highest BCUT2D eigenvalue weighted by molar-refractivity contribution is 4.72. The molecule has 2 heteroatoms. The van der Waals surface area contributed by atoms with Gasteiger partial charge in [-0.15, -0.1) is 0 Å². The maximum absolute atomic E-state index is 9.35. The van der Waals surface area contributed by atoms with Crippen LogP contribution in [0.5, 0.6) is 0 Å². The molecule has 0 heterocycles. The number of aliphatic hydroxyl groups is 1. The predicted octanol–water partition coefficient (Wildman–Crippen LogP) is 2.74. The first-order chi connectivity index (χ1) is 6.58. The van der Waals surface area contributed by atoms with Crippen molar-refractivity contribution in [1.29, 1.82) is 0 Å². The highest BCUT2D eigenvalue weighted by Gasteiger charge is 2.21. The summed E-state index contributed by atoms with van der Waals surface area (Å²) in [6, 6.07) is 0. The van der Waals surface area contributed by atoms with Gasteiger partial charge in [-0.25, -0.2) is 0 Å². The van der Waals surface area contributed by atoms with E-state index in [1.807, 2.05) is 0 Å². The summed E-state index contributed by atoms with van der Waals surface area (Å²) in [7, 11) is 0. The molecule has 1 atom stereocenters. The van der Waals surface area contributed by atoms with Crippen molar-refractivity contribution in [2.24, 2.45) is 5.92 Å². The molecule has 0 saturated heterocycles. The Kier molecular flexibility index (Phi) is 4.90. The van der Waals surface area contributed by atoms with E-state index in [1.165, 1.54) is 0 Å². The quantitative estimate of drug-likeness (QED) is 0.756. The second-order valence-electron chi connectivity index (χ2n) is 5.01. The third-order valence-electron chi connectivity index (χ3n) is 2.87. The first-order valence-electron chi connectivity index (χ1n) is 5.91. The summed E-state index contributed by atoms with van der Waals surface area (Å²) in [5.41, 5.74) is 0. The third kappa shape index (κ3) is 4.43. The standard InChI is InChI=1S/C12H24O2/c1-9(2)8-10(3)14-12-6-4-11(13)5-7-12/h9-13H,4-8H2,1-3H3. The fourth-order valence-corrected chi connectivity index (χ4v) is 2.23. The van der Waals surface area contributed by atoms with Crippen molar-refractivity contribution >= 4 is 0 Å². The average molecular weight is 200 g/mol. The van der Waals surface area contributed by atoms with Gasteiger partial charge in [-0.1, -0.05) is 13.8 Å². The van der Waals surface area contributed by atoms with E-state index in [-0.39, 0.29) is 6.10 Å². The molecule has 1 aliphatic carbocycles. The monoisotopic (exact) mass is 200 g/mol. The molecule has 1 saturated carbocycles. The van der Waals surface area contributed by atoms with Crippen molar-refractivity contribution in [1.82, 2.24) is 0 Å². The molecular formula is C12H24O2. The zero-order chi connectivity index (χ0) is 10.6. The lowest BCUT2D eigenvalue weighted by Gasteiger charge is -2.28. The lowest BCUT2D eigenvalue weighted by atomic mass is 9.95. The van der Waals surface area contributed by atoms with Crippen LogP contribution in [0.25, 0.3) is 0 Å². The number of rotatable bonds is 4. The van der Waals surface area contributed by atoms with Gasteiger partial charge in [0.05, 0.1) is 18.3 Å². The Morgan fingerprint density at radius 1 is 1.14 bits per heavy atom. The van der Waals surface area contributed by atoms with Crippen LogP contribution < -0.4 is 0 Å². The summed E-state index contributed by atoms with van der Waals surface area (Å²) >= 11 is 0. The zero-order valence-corrected chi connectivity index (χ0v) is 9.70. The molecule has 1 unspecified atom stereocenters. The normalized spacial score (nSPS) is 30.6. The van der Waals surface area contributed by atoms with E-state index in [1.54, 1.807) is 0 Å². The van der Waals surface area contributed by atoms with Gasteiger partial charge in [0.2, 0.25) is 0 Å². The van der Waals surface area contributed by atoms with Gasteiger partial charge in [-0.05, 0) is 44.9 Å². The van der Waals surface area contributed by atoms with Crippen molar-refractivity contribution in [3.05, 3.63) is 0 Å². The maximum Gasteiger partial charge on any atom is 0.0580 e. The Morgan fingerprint density at radius 3 is 2.21 bits per heavy atom. The van der Waals surface area contributed by atoms with E-state index in [9.17, 15) is 5.11 Å². The fraction of sp³-hybridized carbons (Fsp3) is 1.00. The van der Waals surface area contributed by atoms with Crippen LogP contribution in [-0.4, -0.2) is 23.4 Å². The highest BCUT2D eigenvalue weighted by atomic mass is 16.5. The molecule has 0 aliphatic heterocycles. The van der Waals surface area contributed by atoms with E-state index < -0.39 is 0 Å². The largest absolute Gasteiger partial charge is 0.393 e. The summed E-state index contributed by atoms with van der Waals surface area (Å²) in [4.78, 5) is 0. The van der Waals surface area contributed by atoms with Gasteiger partial charge in [0, 0.05) is 0 Å². The molecular weight excluding hydrogens is 176 g/mol. The summed E-state index contributed by atoms with van der Waals surface area (Å²) in [6.45, 7) is 6.61. The van der Waals surface area contributed by atoms with Crippen molar-refractivity contribution < 1.29 is 9.84 Å². The Labute approximate surface area is 87.7 Å². The number of hydrogen-bond acceptors (Lipinski definition) is 2. The first-order valence-corrected chi connectivity index (χ1v) is 5.91.